The highest BCUT2D eigenvalue weighted by Crippen LogP contribution is 2.19. The minimum Gasteiger partial charge on any atom is -0.351 e. The Morgan fingerprint density at radius 2 is 1.94 bits per heavy atom. The Kier molecular flexibility index (Phi) is 2.39. The average molecular weight is 228 g/mol. The third kappa shape index (κ3) is 1.71. The van der Waals surface area contributed by atoms with E-state index < -0.39 is 0 Å². The summed E-state index contributed by atoms with van der Waals surface area (Å²) in [6, 6.07) is 8.01. The molecule has 3 rings (SSSR count). The maximum Gasteiger partial charge on any atom is 0.253 e. The Labute approximate surface area is 101 Å². The monoisotopic (exact) mass is 228 g/mol. The van der Waals surface area contributed by atoms with Crippen molar-refractivity contribution in [2.24, 2.45) is 7.05 Å². The first kappa shape index (κ1) is 10.4. The number of amides is 1. The van der Waals surface area contributed by atoms with Gasteiger partial charge in [0.05, 0.1) is 0 Å². The van der Waals surface area contributed by atoms with E-state index in [0.717, 1.165) is 36.9 Å². The summed E-state index contributed by atoms with van der Waals surface area (Å²) in [5.74, 6) is 0.174. The number of hydrogen-bond donors (Lipinski definition) is 0. The van der Waals surface area contributed by atoms with Crippen LogP contribution in [-0.4, -0.2) is 28.5 Å². The molecule has 17 heavy (non-hydrogen) atoms. The maximum atomic E-state index is 12.2. The number of carbonyl (C=O) groups is 1. The molecule has 3 nitrogen and oxygen atoms in total. The number of hydrogen-bond acceptors (Lipinski definition) is 1. The summed E-state index contributed by atoms with van der Waals surface area (Å²) in [7, 11) is 2.02. The molecule has 0 unspecified atom stereocenters. The largest absolute Gasteiger partial charge is 0.351 e. The van der Waals surface area contributed by atoms with E-state index in [1.807, 2.05) is 36.3 Å². The van der Waals surface area contributed by atoms with Crippen molar-refractivity contribution in [3.63, 3.8) is 0 Å². The molecule has 0 bridgehead atoms. The molecule has 3 heteroatoms. The van der Waals surface area contributed by atoms with Crippen molar-refractivity contribution in [3.05, 3.63) is 36.0 Å². The quantitative estimate of drug-likeness (QED) is 0.736. The van der Waals surface area contributed by atoms with Gasteiger partial charge < -0.3 is 9.47 Å². The summed E-state index contributed by atoms with van der Waals surface area (Å²) in [4.78, 5) is 14.2. The van der Waals surface area contributed by atoms with Gasteiger partial charge in [0.15, 0.2) is 0 Å². The van der Waals surface area contributed by atoms with Gasteiger partial charge in [0, 0.05) is 42.8 Å². The molecule has 0 spiro atoms. The van der Waals surface area contributed by atoms with E-state index >= 15 is 0 Å². The molecule has 0 saturated carbocycles. The molecule has 0 N–H and O–H groups in total. The smallest absolute Gasteiger partial charge is 0.253 e. The van der Waals surface area contributed by atoms with Gasteiger partial charge in [0.2, 0.25) is 0 Å². The zero-order valence-corrected chi connectivity index (χ0v) is 10.0. The Morgan fingerprint density at radius 1 is 1.18 bits per heavy atom. The van der Waals surface area contributed by atoms with E-state index in [2.05, 4.69) is 10.6 Å². The van der Waals surface area contributed by atoms with Crippen molar-refractivity contribution >= 4 is 16.8 Å². The molecule has 0 radical (unpaired) electrons. The van der Waals surface area contributed by atoms with Crippen LogP contribution in [0.3, 0.4) is 0 Å². The van der Waals surface area contributed by atoms with Gasteiger partial charge in [-0.25, -0.2) is 0 Å². The van der Waals surface area contributed by atoms with E-state index in [-0.39, 0.29) is 5.91 Å². The second-order valence-corrected chi connectivity index (χ2v) is 4.70. The molecule has 1 fully saturated rings. The second kappa shape index (κ2) is 3.91. The standard InChI is InChI=1S/C14H16N2O/c1-15-9-6-11-10-12(4-5-13(11)15)14(17)16-7-2-3-8-16/h4-6,9-10H,2-3,7-8H2,1H3. The number of aryl methyl sites for hydroxylation is 1. The number of carbonyl (C=O) groups excluding carboxylic acids is 1. The zero-order chi connectivity index (χ0) is 11.8. The molecule has 1 aliphatic rings. The Balaban J connectivity index is 1.97. The van der Waals surface area contributed by atoms with E-state index in [4.69, 9.17) is 0 Å². The van der Waals surface area contributed by atoms with Crippen LogP contribution in [0.15, 0.2) is 30.5 Å². The fourth-order valence-corrected chi connectivity index (χ4v) is 2.52. The van der Waals surface area contributed by atoms with Gasteiger partial charge in [-0.1, -0.05) is 0 Å². The lowest BCUT2D eigenvalue weighted by molar-refractivity contribution is 0.0793. The summed E-state index contributed by atoms with van der Waals surface area (Å²) in [5, 5.41) is 1.14. The minimum absolute atomic E-state index is 0.174. The van der Waals surface area contributed by atoms with Crippen molar-refractivity contribution in [1.29, 1.82) is 0 Å². The second-order valence-electron chi connectivity index (χ2n) is 4.70. The highest BCUT2D eigenvalue weighted by atomic mass is 16.2. The lowest BCUT2D eigenvalue weighted by Crippen LogP contribution is -2.27. The van der Waals surface area contributed by atoms with Crippen LogP contribution in [0.2, 0.25) is 0 Å². The summed E-state index contributed by atoms with van der Waals surface area (Å²) in [6.45, 7) is 1.82. The number of rotatable bonds is 1. The summed E-state index contributed by atoms with van der Waals surface area (Å²) in [6.07, 6.45) is 4.30. The number of fused-ring (bicyclic) bond motifs is 1. The molecule has 1 amide bonds. The molecule has 1 aromatic heterocycles. The molecule has 0 aliphatic carbocycles. The Hall–Kier alpha value is -1.77. The summed E-state index contributed by atoms with van der Waals surface area (Å²) < 4.78 is 2.07. The van der Waals surface area contributed by atoms with Gasteiger partial charge in [-0.2, -0.15) is 0 Å². The Bertz CT molecular complexity index is 565. The first-order valence-electron chi connectivity index (χ1n) is 6.10. The van der Waals surface area contributed by atoms with Crippen molar-refractivity contribution < 1.29 is 4.79 Å². The highest BCUT2D eigenvalue weighted by Gasteiger charge is 2.19. The van der Waals surface area contributed by atoms with Crippen molar-refractivity contribution in [3.8, 4) is 0 Å². The zero-order valence-electron chi connectivity index (χ0n) is 10.0. The predicted octanol–water partition coefficient (Wildman–Crippen LogP) is 2.41. The SMILES string of the molecule is Cn1ccc2cc(C(=O)N3CCCC3)ccc21. The number of nitrogens with zero attached hydrogens (tertiary/aromatic N) is 2. The van der Waals surface area contributed by atoms with Crippen molar-refractivity contribution in [2.45, 2.75) is 12.8 Å². The van der Waals surface area contributed by atoms with Crippen molar-refractivity contribution in [1.82, 2.24) is 9.47 Å². The minimum atomic E-state index is 0.174. The van der Waals surface area contributed by atoms with Gasteiger partial charge in [-0.05, 0) is 37.1 Å². The van der Waals surface area contributed by atoms with E-state index in [1.165, 1.54) is 5.52 Å². The van der Waals surface area contributed by atoms with E-state index in [9.17, 15) is 4.79 Å². The molecule has 2 aromatic rings. The van der Waals surface area contributed by atoms with Crippen molar-refractivity contribution in [2.75, 3.05) is 13.1 Å². The molecular weight excluding hydrogens is 212 g/mol. The topological polar surface area (TPSA) is 25.2 Å². The highest BCUT2D eigenvalue weighted by molar-refractivity contribution is 5.98. The molecule has 0 atom stereocenters. The lowest BCUT2D eigenvalue weighted by atomic mass is 10.1. The maximum absolute atomic E-state index is 12.2. The first-order chi connectivity index (χ1) is 8.25. The molecule has 1 aliphatic heterocycles. The van der Waals surface area contributed by atoms with Gasteiger partial charge in [0.1, 0.15) is 0 Å². The van der Waals surface area contributed by atoms with Gasteiger partial charge >= 0.3 is 0 Å². The summed E-state index contributed by atoms with van der Waals surface area (Å²) in [5.41, 5.74) is 1.98. The lowest BCUT2D eigenvalue weighted by Gasteiger charge is -2.15. The van der Waals surface area contributed by atoms with E-state index in [0.29, 0.717) is 0 Å². The number of benzene rings is 1. The average Bonchev–Trinajstić information content (AvgIpc) is 2.98. The first-order valence-corrected chi connectivity index (χ1v) is 6.10. The fourth-order valence-electron chi connectivity index (χ4n) is 2.52. The van der Waals surface area contributed by atoms with Gasteiger partial charge in [0.25, 0.3) is 5.91 Å². The molecule has 1 aromatic carbocycles. The van der Waals surface area contributed by atoms with E-state index in [1.54, 1.807) is 0 Å². The van der Waals surface area contributed by atoms with Crippen LogP contribution in [0.4, 0.5) is 0 Å². The number of likely N-dealkylation sites (tertiary alicyclic amines) is 1. The number of aromatic nitrogens is 1. The third-order valence-electron chi connectivity index (χ3n) is 3.53. The van der Waals surface area contributed by atoms with Crippen LogP contribution >= 0.6 is 0 Å². The Morgan fingerprint density at radius 3 is 2.71 bits per heavy atom. The molecule has 2 heterocycles. The van der Waals surface area contributed by atoms with Crippen LogP contribution in [0.25, 0.3) is 10.9 Å². The van der Waals surface area contributed by atoms with Gasteiger partial charge in [-0.3, -0.25) is 4.79 Å². The summed E-state index contributed by atoms with van der Waals surface area (Å²) >= 11 is 0. The molecule has 88 valence electrons. The van der Waals surface area contributed by atoms with Gasteiger partial charge in [-0.15, -0.1) is 0 Å². The van der Waals surface area contributed by atoms with Crippen LogP contribution in [-0.2, 0) is 7.05 Å². The predicted molar refractivity (Wildman–Crippen MR) is 68.1 cm³/mol. The third-order valence-corrected chi connectivity index (χ3v) is 3.53. The van der Waals surface area contributed by atoms with Crippen LogP contribution in [0.5, 0.6) is 0 Å². The fraction of sp³-hybridized carbons (Fsp3) is 0.357. The van der Waals surface area contributed by atoms with Crippen LogP contribution < -0.4 is 0 Å². The molecule has 1 saturated heterocycles. The van der Waals surface area contributed by atoms with Crippen LogP contribution in [0, 0.1) is 0 Å². The molecular formula is C14H16N2O. The normalized spacial score (nSPS) is 15.7. The van der Waals surface area contributed by atoms with Crippen LogP contribution in [0.1, 0.15) is 23.2 Å².